The van der Waals surface area contributed by atoms with Crippen LogP contribution in [-0.2, 0) is 14.3 Å². The van der Waals surface area contributed by atoms with E-state index in [0.717, 1.165) is 6.08 Å². The van der Waals surface area contributed by atoms with E-state index < -0.39 is 22.2 Å². The summed E-state index contributed by atoms with van der Waals surface area (Å²) in [6, 6.07) is 0. The number of rotatable bonds is 4. The van der Waals surface area contributed by atoms with Gasteiger partial charge < -0.3 is 0 Å². The van der Waals surface area contributed by atoms with Crippen LogP contribution >= 0.6 is 15.9 Å². The lowest BCUT2D eigenvalue weighted by molar-refractivity contribution is -0.0535. The fourth-order valence-electron chi connectivity index (χ4n) is 0.327. The first kappa shape index (κ1) is 12.9. The number of hydrogen-bond donors (Lipinski definition) is 0. The highest BCUT2D eigenvalue weighted by Gasteiger charge is 2.47. The molecule has 0 heterocycles. The summed E-state index contributed by atoms with van der Waals surface area (Å²) >= 11 is 2.96. The summed E-state index contributed by atoms with van der Waals surface area (Å²) in [5.41, 5.74) is -5.35. The van der Waals surface area contributed by atoms with Crippen LogP contribution in [0.3, 0.4) is 0 Å². The zero-order chi connectivity index (χ0) is 10.5. The number of allylic oxidation sites excluding steroid dienone is 1. The second-order valence-electron chi connectivity index (χ2n) is 1.81. The molecule has 0 amide bonds. The van der Waals surface area contributed by atoms with E-state index in [0.29, 0.717) is 5.33 Å². The minimum Gasteiger partial charge on any atom is -0.259 e. The van der Waals surface area contributed by atoms with Crippen molar-refractivity contribution in [1.82, 2.24) is 0 Å². The molecular formula is C5H6BrF3O3S. The van der Waals surface area contributed by atoms with Crippen LogP contribution in [0, 0.1) is 0 Å². The molecule has 78 valence electrons. The Balaban J connectivity index is 4.14. The van der Waals surface area contributed by atoms with Crippen molar-refractivity contribution in [3.05, 3.63) is 12.2 Å². The zero-order valence-electron chi connectivity index (χ0n) is 6.21. The Hall–Kier alpha value is -0.0800. The van der Waals surface area contributed by atoms with E-state index in [1.54, 1.807) is 0 Å². The van der Waals surface area contributed by atoms with E-state index in [1.807, 2.05) is 0 Å². The van der Waals surface area contributed by atoms with Gasteiger partial charge in [-0.25, -0.2) is 0 Å². The van der Waals surface area contributed by atoms with Crippen LogP contribution in [0.2, 0.25) is 0 Å². The minimum absolute atomic E-state index is 0.419. The molecule has 0 radical (unpaired) electrons. The van der Waals surface area contributed by atoms with E-state index >= 15 is 0 Å². The molecule has 0 aromatic carbocycles. The first-order valence-corrected chi connectivity index (χ1v) is 5.51. The maximum atomic E-state index is 11.6. The van der Waals surface area contributed by atoms with Gasteiger partial charge in [0, 0.05) is 5.33 Å². The van der Waals surface area contributed by atoms with Crippen molar-refractivity contribution < 1.29 is 25.8 Å². The summed E-state index contributed by atoms with van der Waals surface area (Å²) in [4.78, 5) is 0. The van der Waals surface area contributed by atoms with Crippen molar-refractivity contribution in [2.75, 3.05) is 11.9 Å². The van der Waals surface area contributed by atoms with Crippen molar-refractivity contribution in [2.24, 2.45) is 0 Å². The normalized spacial score (nSPS) is 13.8. The SMILES string of the molecule is O=S(=O)(OCC=CCBr)C(F)(F)F. The van der Waals surface area contributed by atoms with Crippen molar-refractivity contribution in [3.8, 4) is 0 Å². The van der Waals surface area contributed by atoms with Crippen LogP contribution in [0.25, 0.3) is 0 Å². The van der Waals surface area contributed by atoms with Gasteiger partial charge in [0.25, 0.3) is 0 Å². The monoisotopic (exact) mass is 282 g/mol. The molecule has 0 spiro atoms. The molecular weight excluding hydrogens is 277 g/mol. The molecule has 0 saturated heterocycles. The van der Waals surface area contributed by atoms with Gasteiger partial charge in [0.1, 0.15) is 0 Å². The molecule has 3 nitrogen and oxygen atoms in total. The molecule has 0 saturated carbocycles. The minimum atomic E-state index is -5.44. The predicted octanol–water partition coefficient (Wildman–Crippen LogP) is 1.80. The molecule has 0 aliphatic carbocycles. The fourth-order valence-corrected chi connectivity index (χ4v) is 0.982. The molecule has 0 aliphatic heterocycles. The van der Waals surface area contributed by atoms with E-state index in [9.17, 15) is 21.6 Å². The summed E-state index contributed by atoms with van der Waals surface area (Å²) < 4.78 is 58.9. The van der Waals surface area contributed by atoms with Crippen molar-refractivity contribution in [1.29, 1.82) is 0 Å². The predicted molar refractivity (Wildman–Crippen MR) is 43.9 cm³/mol. The summed E-state index contributed by atoms with van der Waals surface area (Å²) in [5.74, 6) is 0. The first-order valence-electron chi connectivity index (χ1n) is 2.98. The van der Waals surface area contributed by atoms with Crippen LogP contribution in [0.1, 0.15) is 0 Å². The molecule has 8 heteroatoms. The Morgan fingerprint density at radius 2 is 1.85 bits per heavy atom. The lowest BCUT2D eigenvalue weighted by atomic mass is 10.6. The standard InChI is InChI=1S/C5H6BrF3O3S/c6-3-1-2-4-12-13(10,11)5(7,8)9/h1-2H,3-4H2. The number of alkyl halides is 4. The van der Waals surface area contributed by atoms with Gasteiger partial charge in [0.15, 0.2) is 0 Å². The molecule has 0 bridgehead atoms. The Morgan fingerprint density at radius 3 is 2.23 bits per heavy atom. The van der Waals surface area contributed by atoms with Gasteiger partial charge in [-0.2, -0.15) is 21.6 Å². The third-order valence-corrected chi connectivity index (χ3v) is 2.25. The van der Waals surface area contributed by atoms with Gasteiger partial charge in [0.2, 0.25) is 0 Å². The molecule has 0 atom stereocenters. The summed E-state index contributed by atoms with van der Waals surface area (Å²) in [6.07, 6.45) is 2.59. The topological polar surface area (TPSA) is 43.4 Å². The van der Waals surface area contributed by atoms with E-state index in [-0.39, 0.29) is 0 Å². The molecule has 0 fully saturated rings. The highest BCUT2D eigenvalue weighted by molar-refractivity contribution is 9.09. The maximum absolute atomic E-state index is 11.6. The Kier molecular flexibility index (Phi) is 4.93. The van der Waals surface area contributed by atoms with Gasteiger partial charge in [-0.15, -0.1) is 0 Å². The molecule has 13 heavy (non-hydrogen) atoms. The Bertz CT molecular complexity index is 269. The first-order chi connectivity index (χ1) is 5.81. The van der Waals surface area contributed by atoms with Gasteiger partial charge >= 0.3 is 15.6 Å². The maximum Gasteiger partial charge on any atom is 0.523 e. The number of halogens is 4. The quantitative estimate of drug-likeness (QED) is 0.342. The highest BCUT2D eigenvalue weighted by Crippen LogP contribution is 2.24. The Labute approximate surface area is 81.8 Å². The van der Waals surface area contributed by atoms with Crippen LogP contribution < -0.4 is 0 Å². The average molecular weight is 283 g/mol. The van der Waals surface area contributed by atoms with Gasteiger partial charge in [-0.3, -0.25) is 4.18 Å². The lowest BCUT2D eigenvalue weighted by Crippen LogP contribution is -2.25. The third-order valence-electron chi connectivity index (χ3n) is 0.859. The third kappa shape index (κ3) is 4.63. The largest absolute Gasteiger partial charge is 0.523 e. The highest BCUT2D eigenvalue weighted by atomic mass is 79.9. The second kappa shape index (κ2) is 4.97. The van der Waals surface area contributed by atoms with E-state index in [4.69, 9.17) is 0 Å². The molecule has 0 N–H and O–H groups in total. The van der Waals surface area contributed by atoms with Gasteiger partial charge in [0.05, 0.1) is 6.61 Å². The molecule has 0 rings (SSSR count). The summed E-state index contributed by atoms with van der Waals surface area (Å²) in [7, 11) is -5.44. The Morgan fingerprint density at radius 1 is 1.31 bits per heavy atom. The van der Waals surface area contributed by atoms with E-state index in [2.05, 4.69) is 20.1 Å². The average Bonchev–Trinajstić information content (AvgIpc) is 1.96. The molecule has 0 aromatic rings. The van der Waals surface area contributed by atoms with Crippen LogP contribution in [0.5, 0.6) is 0 Å². The molecule has 0 aliphatic rings. The van der Waals surface area contributed by atoms with Crippen molar-refractivity contribution in [3.63, 3.8) is 0 Å². The zero-order valence-corrected chi connectivity index (χ0v) is 8.62. The van der Waals surface area contributed by atoms with Crippen molar-refractivity contribution >= 4 is 26.0 Å². The van der Waals surface area contributed by atoms with Crippen LogP contribution in [0.4, 0.5) is 13.2 Å². The summed E-state index contributed by atoms with van der Waals surface area (Å²) in [5, 5.41) is 0.419. The van der Waals surface area contributed by atoms with Gasteiger partial charge in [-0.1, -0.05) is 28.1 Å². The van der Waals surface area contributed by atoms with Crippen LogP contribution in [-0.4, -0.2) is 25.9 Å². The fraction of sp³-hybridized carbons (Fsp3) is 0.600. The smallest absolute Gasteiger partial charge is 0.259 e. The second-order valence-corrected chi connectivity index (χ2v) is 4.06. The van der Waals surface area contributed by atoms with E-state index in [1.165, 1.54) is 6.08 Å². The summed E-state index contributed by atoms with van der Waals surface area (Å²) in [6.45, 7) is -0.618. The lowest BCUT2D eigenvalue weighted by Gasteiger charge is -2.05. The molecule has 0 unspecified atom stereocenters. The van der Waals surface area contributed by atoms with Crippen molar-refractivity contribution in [2.45, 2.75) is 5.51 Å². The van der Waals surface area contributed by atoms with Gasteiger partial charge in [-0.05, 0) is 0 Å². The molecule has 0 aromatic heterocycles. The van der Waals surface area contributed by atoms with Crippen LogP contribution in [0.15, 0.2) is 12.2 Å². The number of hydrogen-bond acceptors (Lipinski definition) is 3.